The van der Waals surface area contributed by atoms with Gasteiger partial charge in [-0.05, 0) is 56.6 Å². The van der Waals surface area contributed by atoms with E-state index in [1.165, 1.54) is 6.07 Å². The van der Waals surface area contributed by atoms with Crippen molar-refractivity contribution in [1.29, 1.82) is 0 Å². The minimum Gasteiger partial charge on any atom is -0.369 e. The lowest BCUT2D eigenvalue weighted by Crippen LogP contribution is -2.48. The standard InChI is InChI=1S/C25H28F3N7/c1-14-10-17(11-29-32-14)34-12-15-5-6-16(13-34)23(15)30-25-31-24-19(4-2-3-9-35(24)33-25)18-7-8-20(26)22(28)21(18)27/h7-8,10-11,15-16,19,23H,2-6,9,12-13H2,1H3,(H,30,33)/t15-,16+,19-,23-/m1/s1. The predicted octanol–water partition coefficient (Wildman–Crippen LogP) is 4.44. The molecule has 2 aliphatic heterocycles. The van der Waals surface area contributed by atoms with Gasteiger partial charge in [-0.3, -0.25) is 0 Å². The maximum Gasteiger partial charge on any atom is 0.242 e. The van der Waals surface area contributed by atoms with Crippen LogP contribution in [0.2, 0.25) is 0 Å². The number of rotatable bonds is 4. The summed E-state index contributed by atoms with van der Waals surface area (Å²) in [4.78, 5) is 7.16. The zero-order valence-corrected chi connectivity index (χ0v) is 19.6. The molecule has 0 unspecified atom stereocenters. The van der Waals surface area contributed by atoms with Crippen molar-refractivity contribution in [2.45, 2.75) is 57.5 Å². The van der Waals surface area contributed by atoms with Crippen LogP contribution in [0, 0.1) is 36.2 Å². The molecule has 0 spiro atoms. The molecule has 0 amide bonds. The van der Waals surface area contributed by atoms with Crippen molar-refractivity contribution in [3.63, 3.8) is 0 Å². The number of nitrogens with zero attached hydrogens (tertiary/aromatic N) is 6. The highest BCUT2D eigenvalue weighted by Gasteiger charge is 2.43. The first-order valence-electron chi connectivity index (χ1n) is 12.4. The molecular formula is C25H28F3N7. The van der Waals surface area contributed by atoms with Gasteiger partial charge in [0.05, 0.1) is 17.6 Å². The van der Waals surface area contributed by atoms with Crippen LogP contribution in [0.5, 0.6) is 0 Å². The second-order valence-corrected chi connectivity index (χ2v) is 10.1. The van der Waals surface area contributed by atoms with Crippen molar-refractivity contribution in [3.8, 4) is 0 Å². The number of piperidine rings is 1. The van der Waals surface area contributed by atoms with E-state index in [9.17, 15) is 13.2 Å². The summed E-state index contributed by atoms with van der Waals surface area (Å²) in [5.41, 5.74) is 2.16. The lowest BCUT2D eigenvalue weighted by molar-refractivity contribution is 0.376. The maximum absolute atomic E-state index is 14.7. The molecule has 0 radical (unpaired) electrons. The fourth-order valence-electron chi connectivity index (χ4n) is 6.13. The third-order valence-electron chi connectivity index (χ3n) is 7.82. The number of nitrogens with one attached hydrogen (secondary N) is 1. The molecule has 1 aliphatic carbocycles. The summed E-state index contributed by atoms with van der Waals surface area (Å²) in [6.45, 7) is 4.48. The van der Waals surface area contributed by atoms with Crippen LogP contribution in [0.15, 0.2) is 24.4 Å². The van der Waals surface area contributed by atoms with Crippen molar-refractivity contribution in [2.24, 2.45) is 11.8 Å². The predicted molar refractivity (Wildman–Crippen MR) is 125 cm³/mol. The zero-order chi connectivity index (χ0) is 24.1. The lowest BCUT2D eigenvalue weighted by Gasteiger charge is -2.39. The molecule has 3 aromatic rings. The fourth-order valence-corrected chi connectivity index (χ4v) is 6.13. The Kier molecular flexibility index (Phi) is 5.61. The molecule has 2 bridgehead atoms. The molecule has 1 N–H and O–H groups in total. The third kappa shape index (κ3) is 4.02. The summed E-state index contributed by atoms with van der Waals surface area (Å²) >= 11 is 0. The SMILES string of the molecule is Cc1cc(N2C[C@H]3CC[C@@H](C2)[C@@H]3Nc2nc3n(n2)CCCC[C@@H]3c2ccc(F)c(F)c2F)cnn1. The molecule has 1 saturated heterocycles. The molecule has 2 aromatic heterocycles. The average molecular weight is 484 g/mol. The van der Waals surface area contributed by atoms with E-state index in [1.807, 2.05) is 17.8 Å². The molecule has 7 nitrogen and oxygen atoms in total. The molecular weight excluding hydrogens is 455 g/mol. The van der Waals surface area contributed by atoms with Crippen molar-refractivity contribution in [2.75, 3.05) is 23.3 Å². The van der Waals surface area contributed by atoms with Gasteiger partial charge in [0.2, 0.25) is 5.95 Å². The van der Waals surface area contributed by atoms with Crippen molar-refractivity contribution < 1.29 is 13.2 Å². The van der Waals surface area contributed by atoms with E-state index < -0.39 is 23.4 Å². The van der Waals surface area contributed by atoms with E-state index in [1.54, 1.807) is 0 Å². The van der Waals surface area contributed by atoms with E-state index in [0.717, 1.165) is 56.2 Å². The lowest BCUT2D eigenvalue weighted by atomic mass is 9.92. The van der Waals surface area contributed by atoms with Gasteiger partial charge in [-0.1, -0.05) is 12.5 Å². The third-order valence-corrected chi connectivity index (χ3v) is 7.82. The molecule has 35 heavy (non-hydrogen) atoms. The Morgan fingerprint density at radius 1 is 1.00 bits per heavy atom. The minimum absolute atomic E-state index is 0.139. The highest BCUT2D eigenvalue weighted by Crippen LogP contribution is 2.40. The van der Waals surface area contributed by atoms with Crippen LogP contribution in [0.1, 0.15) is 55.1 Å². The van der Waals surface area contributed by atoms with Gasteiger partial charge in [-0.2, -0.15) is 15.2 Å². The van der Waals surface area contributed by atoms with Crippen LogP contribution >= 0.6 is 0 Å². The molecule has 10 heteroatoms. The largest absolute Gasteiger partial charge is 0.369 e. The fraction of sp³-hybridized carbons (Fsp3) is 0.520. The number of aromatic nitrogens is 5. The highest BCUT2D eigenvalue weighted by molar-refractivity contribution is 5.46. The van der Waals surface area contributed by atoms with Crippen molar-refractivity contribution in [1.82, 2.24) is 25.0 Å². The summed E-state index contributed by atoms with van der Waals surface area (Å²) in [7, 11) is 0. The molecule has 1 saturated carbocycles. The molecule has 6 rings (SSSR count). The maximum atomic E-state index is 14.7. The first-order chi connectivity index (χ1) is 17.0. The monoisotopic (exact) mass is 483 g/mol. The van der Waals surface area contributed by atoms with Crippen LogP contribution < -0.4 is 10.2 Å². The number of benzene rings is 1. The number of aryl methyl sites for hydroxylation is 2. The van der Waals surface area contributed by atoms with Crippen LogP contribution in [-0.2, 0) is 6.54 Å². The first-order valence-corrected chi connectivity index (χ1v) is 12.4. The Labute approximate surface area is 201 Å². The Morgan fingerprint density at radius 2 is 1.80 bits per heavy atom. The van der Waals surface area contributed by atoms with Crippen LogP contribution in [0.4, 0.5) is 24.8 Å². The summed E-state index contributed by atoms with van der Waals surface area (Å²) in [5, 5.41) is 16.5. The summed E-state index contributed by atoms with van der Waals surface area (Å²) in [5.74, 6) is -2.16. The van der Waals surface area contributed by atoms with Crippen LogP contribution in [-0.4, -0.2) is 44.1 Å². The second kappa shape index (κ2) is 8.80. The van der Waals surface area contributed by atoms with E-state index >= 15 is 0 Å². The second-order valence-electron chi connectivity index (χ2n) is 10.1. The van der Waals surface area contributed by atoms with Crippen LogP contribution in [0.3, 0.4) is 0 Å². The molecule has 184 valence electrons. The zero-order valence-electron chi connectivity index (χ0n) is 19.6. The van der Waals surface area contributed by atoms with Gasteiger partial charge in [0.1, 0.15) is 5.82 Å². The average Bonchev–Trinajstić information content (AvgIpc) is 3.25. The van der Waals surface area contributed by atoms with Gasteiger partial charge in [0, 0.05) is 37.2 Å². The van der Waals surface area contributed by atoms with Gasteiger partial charge >= 0.3 is 0 Å². The van der Waals surface area contributed by atoms with Gasteiger partial charge in [-0.15, -0.1) is 5.10 Å². The smallest absolute Gasteiger partial charge is 0.242 e. The Hall–Kier alpha value is -3.17. The molecule has 2 fully saturated rings. The number of fused-ring (bicyclic) bond motifs is 3. The van der Waals surface area contributed by atoms with Gasteiger partial charge < -0.3 is 10.2 Å². The topological polar surface area (TPSA) is 71.8 Å². The van der Waals surface area contributed by atoms with Gasteiger partial charge in [-0.25, -0.2) is 17.9 Å². The van der Waals surface area contributed by atoms with E-state index in [4.69, 9.17) is 10.1 Å². The van der Waals surface area contributed by atoms with Crippen molar-refractivity contribution >= 4 is 11.6 Å². The summed E-state index contributed by atoms with van der Waals surface area (Å²) < 4.78 is 44.0. The van der Waals surface area contributed by atoms with Gasteiger partial charge in [0.25, 0.3) is 0 Å². The Bertz CT molecular complexity index is 1230. The molecule has 4 heterocycles. The van der Waals surface area contributed by atoms with Crippen molar-refractivity contribution in [3.05, 3.63) is 58.9 Å². The van der Waals surface area contributed by atoms with E-state index in [2.05, 4.69) is 26.5 Å². The molecule has 3 aliphatic rings. The molecule has 4 atom stereocenters. The summed E-state index contributed by atoms with van der Waals surface area (Å²) in [6.07, 6.45) is 6.41. The number of halogens is 3. The molecule has 1 aromatic carbocycles. The van der Waals surface area contributed by atoms with Crippen LogP contribution in [0.25, 0.3) is 0 Å². The van der Waals surface area contributed by atoms with E-state index in [0.29, 0.717) is 36.6 Å². The first kappa shape index (κ1) is 22.3. The number of hydrogen-bond donors (Lipinski definition) is 1. The number of hydrogen-bond acceptors (Lipinski definition) is 6. The normalized spacial score (nSPS) is 25.9. The minimum atomic E-state index is -1.43. The quantitative estimate of drug-likeness (QED) is 0.554. The number of anilines is 2. The highest BCUT2D eigenvalue weighted by atomic mass is 19.2. The Morgan fingerprint density at radius 3 is 2.57 bits per heavy atom. The Balaban J connectivity index is 1.24. The van der Waals surface area contributed by atoms with E-state index in [-0.39, 0.29) is 11.6 Å². The summed E-state index contributed by atoms with van der Waals surface area (Å²) in [6, 6.07) is 4.66. The van der Waals surface area contributed by atoms with Gasteiger partial charge in [0.15, 0.2) is 17.5 Å².